The van der Waals surface area contributed by atoms with Gasteiger partial charge in [-0.25, -0.2) is 4.79 Å². The lowest BCUT2D eigenvalue weighted by molar-refractivity contribution is -0.138. The molecule has 1 aromatic rings. The molecule has 0 radical (unpaired) electrons. The Balaban J connectivity index is 1.95. The average Bonchev–Trinajstić information content (AvgIpc) is 2.79. The van der Waals surface area contributed by atoms with E-state index in [9.17, 15) is 14.4 Å². The summed E-state index contributed by atoms with van der Waals surface area (Å²) in [6, 6.07) is -0.515. The van der Waals surface area contributed by atoms with Crippen molar-refractivity contribution in [3.8, 4) is 0 Å². The van der Waals surface area contributed by atoms with E-state index < -0.39 is 6.03 Å². The van der Waals surface area contributed by atoms with Crippen molar-refractivity contribution in [3.63, 3.8) is 0 Å². The number of nitrogens with one attached hydrogen (secondary N) is 1. The van der Waals surface area contributed by atoms with E-state index in [1.807, 2.05) is 6.92 Å². The minimum absolute atomic E-state index is 0.223. The van der Waals surface area contributed by atoms with E-state index in [0.717, 1.165) is 15.5 Å². The molecular formula is C11H15N5O3S. The molecule has 108 valence electrons. The standard InChI is InChI=1S/C11H15N5O3S/c1-7-8(20-14-13-7)5-15(2)10(18)6-16-9(17)3-4-12-11(16)19/h3-6H2,1-2H3,(H,12,19). The van der Waals surface area contributed by atoms with Crippen LogP contribution in [0.5, 0.6) is 0 Å². The van der Waals surface area contributed by atoms with Crippen LogP contribution >= 0.6 is 11.5 Å². The van der Waals surface area contributed by atoms with Gasteiger partial charge in [-0.2, -0.15) is 0 Å². The Morgan fingerprint density at radius 1 is 1.50 bits per heavy atom. The molecule has 1 aliphatic heterocycles. The van der Waals surface area contributed by atoms with E-state index in [1.54, 1.807) is 7.05 Å². The minimum Gasteiger partial charge on any atom is -0.339 e. The molecule has 2 rings (SSSR count). The molecule has 0 atom stereocenters. The SMILES string of the molecule is Cc1nnsc1CN(C)C(=O)CN1C(=O)CCNC1=O. The summed E-state index contributed by atoms with van der Waals surface area (Å²) in [4.78, 5) is 38.5. The first-order chi connectivity index (χ1) is 9.49. The lowest BCUT2D eigenvalue weighted by atomic mass is 10.3. The van der Waals surface area contributed by atoms with Crippen LogP contribution in [0.3, 0.4) is 0 Å². The number of nitrogens with zero attached hydrogens (tertiary/aromatic N) is 4. The highest BCUT2D eigenvalue weighted by Crippen LogP contribution is 2.12. The summed E-state index contributed by atoms with van der Waals surface area (Å²) in [7, 11) is 1.62. The minimum atomic E-state index is -0.515. The summed E-state index contributed by atoms with van der Waals surface area (Å²) in [5.41, 5.74) is 0.779. The fraction of sp³-hybridized carbons (Fsp3) is 0.545. The first-order valence-electron chi connectivity index (χ1n) is 6.09. The highest BCUT2D eigenvalue weighted by molar-refractivity contribution is 7.05. The maximum Gasteiger partial charge on any atom is 0.324 e. The summed E-state index contributed by atoms with van der Waals surface area (Å²) in [5.74, 6) is -0.630. The van der Waals surface area contributed by atoms with Crippen LogP contribution in [-0.4, -0.2) is 57.4 Å². The number of hydrogen-bond donors (Lipinski definition) is 1. The van der Waals surface area contributed by atoms with Gasteiger partial charge in [0.25, 0.3) is 0 Å². The second-order valence-corrected chi connectivity index (χ2v) is 5.33. The zero-order valence-corrected chi connectivity index (χ0v) is 12.1. The highest BCUT2D eigenvalue weighted by atomic mass is 32.1. The molecule has 0 spiro atoms. The molecule has 8 nitrogen and oxygen atoms in total. The lowest BCUT2D eigenvalue weighted by Gasteiger charge is -2.27. The smallest absolute Gasteiger partial charge is 0.324 e. The molecule has 0 saturated carbocycles. The molecule has 1 N–H and O–H groups in total. The summed E-state index contributed by atoms with van der Waals surface area (Å²) in [5, 5.41) is 6.41. The summed E-state index contributed by atoms with van der Waals surface area (Å²) in [6.45, 7) is 2.26. The number of rotatable bonds is 4. The topological polar surface area (TPSA) is 95.5 Å². The third-order valence-electron chi connectivity index (χ3n) is 3.01. The predicted octanol–water partition coefficient (Wildman–Crippen LogP) is -0.253. The van der Waals surface area contributed by atoms with Crippen LogP contribution in [-0.2, 0) is 16.1 Å². The quantitative estimate of drug-likeness (QED) is 0.826. The maximum atomic E-state index is 12.1. The molecular weight excluding hydrogens is 282 g/mol. The van der Waals surface area contributed by atoms with E-state index in [1.165, 1.54) is 16.4 Å². The molecule has 1 fully saturated rings. The van der Waals surface area contributed by atoms with Gasteiger partial charge in [0.2, 0.25) is 11.8 Å². The second kappa shape index (κ2) is 5.95. The van der Waals surface area contributed by atoms with E-state index in [2.05, 4.69) is 14.9 Å². The summed E-state index contributed by atoms with van der Waals surface area (Å²) >= 11 is 1.23. The van der Waals surface area contributed by atoms with Gasteiger partial charge in [0, 0.05) is 20.0 Å². The Morgan fingerprint density at radius 3 is 2.85 bits per heavy atom. The molecule has 0 aromatic carbocycles. The first-order valence-corrected chi connectivity index (χ1v) is 6.86. The van der Waals surface area contributed by atoms with E-state index in [-0.39, 0.29) is 24.8 Å². The normalized spacial score (nSPS) is 15.2. The van der Waals surface area contributed by atoms with Crippen molar-refractivity contribution in [3.05, 3.63) is 10.6 Å². The van der Waals surface area contributed by atoms with Gasteiger partial charge in [0.1, 0.15) is 6.54 Å². The number of carbonyl (C=O) groups is 3. The summed E-state index contributed by atoms with van der Waals surface area (Å²) < 4.78 is 3.80. The van der Waals surface area contributed by atoms with Gasteiger partial charge in [0.05, 0.1) is 17.1 Å². The second-order valence-electron chi connectivity index (χ2n) is 4.49. The van der Waals surface area contributed by atoms with Crippen molar-refractivity contribution in [2.24, 2.45) is 0 Å². The van der Waals surface area contributed by atoms with E-state index in [4.69, 9.17) is 0 Å². The Kier molecular flexibility index (Phi) is 4.28. The van der Waals surface area contributed by atoms with Crippen LogP contribution in [0.4, 0.5) is 4.79 Å². The first kappa shape index (κ1) is 14.4. The highest BCUT2D eigenvalue weighted by Gasteiger charge is 2.28. The third kappa shape index (κ3) is 3.10. The van der Waals surface area contributed by atoms with Gasteiger partial charge in [-0.1, -0.05) is 4.49 Å². The lowest BCUT2D eigenvalue weighted by Crippen LogP contribution is -2.53. The zero-order valence-electron chi connectivity index (χ0n) is 11.3. The maximum absolute atomic E-state index is 12.1. The molecule has 4 amide bonds. The summed E-state index contributed by atoms with van der Waals surface area (Å²) in [6.07, 6.45) is 0.223. The van der Waals surface area contributed by atoms with Gasteiger partial charge >= 0.3 is 6.03 Å². The number of urea groups is 1. The van der Waals surface area contributed by atoms with Crippen LogP contribution in [0.1, 0.15) is 17.0 Å². The Labute approximate surface area is 119 Å². The van der Waals surface area contributed by atoms with Crippen molar-refractivity contribution in [2.75, 3.05) is 20.1 Å². The molecule has 1 aromatic heterocycles. The molecule has 2 heterocycles. The largest absolute Gasteiger partial charge is 0.339 e. The molecule has 0 aliphatic carbocycles. The fourth-order valence-corrected chi connectivity index (χ4v) is 2.42. The number of aromatic nitrogens is 2. The van der Waals surface area contributed by atoms with Crippen LogP contribution in [0.2, 0.25) is 0 Å². The van der Waals surface area contributed by atoms with Crippen LogP contribution in [0.25, 0.3) is 0 Å². The van der Waals surface area contributed by atoms with Crippen molar-refractivity contribution in [1.29, 1.82) is 0 Å². The zero-order chi connectivity index (χ0) is 14.7. The van der Waals surface area contributed by atoms with Gasteiger partial charge in [0.15, 0.2) is 0 Å². The third-order valence-corrected chi connectivity index (χ3v) is 3.81. The Hall–Kier alpha value is -2.03. The van der Waals surface area contributed by atoms with Crippen LogP contribution < -0.4 is 5.32 Å². The number of imide groups is 1. The van der Waals surface area contributed by atoms with Gasteiger partial charge in [-0.15, -0.1) is 5.10 Å². The average molecular weight is 297 g/mol. The van der Waals surface area contributed by atoms with E-state index in [0.29, 0.717) is 13.1 Å². The molecule has 0 unspecified atom stereocenters. The molecule has 1 saturated heterocycles. The number of aryl methyl sites for hydroxylation is 1. The number of likely N-dealkylation sites (N-methyl/N-ethyl adjacent to an activating group) is 1. The van der Waals surface area contributed by atoms with Crippen molar-refractivity contribution in [1.82, 2.24) is 24.7 Å². The van der Waals surface area contributed by atoms with E-state index >= 15 is 0 Å². The van der Waals surface area contributed by atoms with Crippen molar-refractivity contribution >= 4 is 29.4 Å². The fourth-order valence-electron chi connectivity index (χ4n) is 1.74. The Morgan fingerprint density at radius 2 is 2.25 bits per heavy atom. The van der Waals surface area contributed by atoms with Crippen LogP contribution in [0.15, 0.2) is 0 Å². The van der Waals surface area contributed by atoms with Crippen molar-refractivity contribution < 1.29 is 14.4 Å². The monoisotopic (exact) mass is 297 g/mol. The number of hydrogen-bond acceptors (Lipinski definition) is 6. The van der Waals surface area contributed by atoms with Crippen LogP contribution in [0, 0.1) is 6.92 Å². The molecule has 1 aliphatic rings. The van der Waals surface area contributed by atoms with Crippen molar-refractivity contribution in [2.45, 2.75) is 19.9 Å². The number of carbonyl (C=O) groups excluding carboxylic acids is 3. The van der Waals surface area contributed by atoms with Gasteiger partial charge in [-0.3, -0.25) is 14.5 Å². The van der Waals surface area contributed by atoms with Gasteiger partial charge < -0.3 is 10.2 Å². The predicted molar refractivity (Wildman–Crippen MR) is 70.8 cm³/mol. The number of amides is 4. The molecule has 9 heteroatoms. The van der Waals surface area contributed by atoms with Gasteiger partial charge in [-0.05, 0) is 18.5 Å². The molecule has 20 heavy (non-hydrogen) atoms. The Bertz CT molecular complexity index is 528. The molecule has 0 bridgehead atoms.